The van der Waals surface area contributed by atoms with E-state index in [1.807, 2.05) is 12.0 Å². The topological polar surface area (TPSA) is 140 Å². The molecule has 1 aromatic carbocycles. The van der Waals surface area contributed by atoms with Gasteiger partial charge < -0.3 is 19.3 Å². The summed E-state index contributed by atoms with van der Waals surface area (Å²) in [4.78, 5) is 40.4. The standard InChI is InChI=1S/C43H61FN3O8P/c1-4-5-6-7-8-9-10-11-12-13-14-15-16-17-18-19-21-26-36(48)27-24-31-46(3)32-25-34-56(52,55-37-28-22-20-23-29-37)53-35-38-40(50)43(2,44)41(54-38)47-33-30-39(49)45-42(47)51/h5-6,8-9,11-12,14-15,17-18,20,22-23,28-30,33,38,40-41,50H,4,7,10,13,16,19,21,24-27,31-32,34-35H2,1-3H3,(H,45,49,51)/b6-5-,9-8-,12-11-,15-14-,18-17-/t38-,40-,41-,43-,56?/m1/s1. The number of aromatic nitrogens is 2. The van der Waals surface area contributed by atoms with Crippen molar-refractivity contribution in [3.8, 4) is 5.75 Å². The van der Waals surface area contributed by atoms with E-state index in [0.717, 1.165) is 68.7 Å². The molecule has 308 valence electrons. The van der Waals surface area contributed by atoms with Crippen LogP contribution in [0.25, 0.3) is 0 Å². The monoisotopic (exact) mass is 797 g/mol. The molecule has 13 heteroatoms. The van der Waals surface area contributed by atoms with Gasteiger partial charge in [0.15, 0.2) is 11.9 Å². The van der Waals surface area contributed by atoms with E-state index in [0.29, 0.717) is 44.5 Å². The van der Waals surface area contributed by atoms with Crippen LogP contribution in [-0.4, -0.2) is 76.1 Å². The Bertz CT molecular complexity index is 1770. The Morgan fingerprint density at radius 1 is 0.929 bits per heavy atom. The first-order valence-corrected chi connectivity index (χ1v) is 21.5. The summed E-state index contributed by atoms with van der Waals surface area (Å²) in [6.07, 6.45) is 27.0. The number of aliphatic hydroxyl groups excluding tert-OH is 1. The maximum Gasteiger partial charge on any atom is 0.379 e. The van der Waals surface area contributed by atoms with Gasteiger partial charge in [-0.2, -0.15) is 0 Å². The zero-order valence-corrected chi connectivity index (χ0v) is 34.1. The first-order chi connectivity index (χ1) is 26.9. The second-order valence-electron chi connectivity index (χ2n) is 14.1. The van der Waals surface area contributed by atoms with Crippen LogP contribution < -0.4 is 15.8 Å². The van der Waals surface area contributed by atoms with E-state index in [-0.39, 0.29) is 11.9 Å². The van der Waals surface area contributed by atoms with E-state index in [1.54, 1.807) is 30.3 Å². The molecular weight excluding hydrogens is 736 g/mol. The fourth-order valence-corrected chi connectivity index (χ4v) is 7.65. The van der Waals surface area contributed by atoms with Crippen LogP contribution in [0.3, 0.4) is 0 Å². The van der Waals surface area contributed by atoms with Gasteiger partial charge in [-0.15, -0.1) is 0 Å². The number of ketones is 1. The molecule has 1 unspecified atom stereocenters. The summed E-state index contributed by atoms with van der Waals surface area (Å²) in [5.41, 5.74) is -3.99. The van der Waals surface area contributed by atoms with E-state index >= 15 is 4.39 Å². The molecule has 0 spiro atoms. The number of hydrogen-bond acceptors (Lipinski definition) is 9. The third-order valence-corrected chi connectivity index (χ3v) is 11.1. The molecule has 2 N–H and O–H groups in total. The van der Waals surface area contributed by atoms with Gasteiger partial charge in [-0.25, -0.2) is 13.8 Å². The first-order valence-electron chi connectivity index (χ1n) is 19.7. The van der Waals surface area contributed by atoms with Crippen molar-refractivity contribution in [2.24, 2.45) is 0 Å². The summed E-state index contributed by atoms with van der Waals surface area (Å²) in [5.74, 6) is 0.568. The number of para-hydroxylation sites is 1. The molecule has 3 rings (SSSR count). The van der Waals surface area contributed by atoms with Gasteiger partial charge >= 0.3 is 13.3 Å². The van der Waals surface area contributed by atoms with Crippen LogP contribution in [0.1, 0.15) is 90.7 Å². The van der Waals surface area contributed by atoms with Crippen molar-refractivity contribution < 1.29 is 32.6 Å². The Hall–Kier alpha value is -3.93. The summed E-state index contributed by atoms with van der Waals surface area (Å²) in [6.45, 7) is 3.99. The number of ether oxygens (including phenoxy) is 1. The van der Waals surface area contributed by atoms with Crippen LogP contribution in [0.5, 0.6) is 5.75 Å². The number of unbranched alkanes of at least 4 members (excludes halogenated alkanes) is 1. The van der Waals surface area contributed by atoms with E-state index < -0.39 is 49.6 Å². The number of halogens is 1. The number of nitrogens with zero attached hydrogens (tertiary/aromatic N) is 2. The van der Waals surface area contributed by atoms with Crippen LogP contribution >= 0.6 is 7.60 Å². The van der Waals surface area contributed by atoms with Crippen LogP contribution in [0.15, 0.2) is 113 Å². The minimum absolute atomic E-state index is 0.0273. The van der Waals surface area contributed by atoms with E-state index in [2.05, 4.69) is 72.6 Å². The number of aromatic amines is 1. The van der Waals surface area contributed by atoms with Crippen LogP contribution in [-0.2, 0) is 18.6 Å². The zero-order valence-electron chi connectivity index (χ0n) is 33.2. The molecule has 0 amide bonds. The molecule has 56 heavy (non-hydrogen) atoms. The highest BCUT2D eigenvalue weighted by atomic mass is 31.2. The molecule has 5 atom stereocenters. The number of benzene rings is 1. The lowest BCUT2D eigenvalue weighted by Crippen LogP contribution is -2.43. The van der Waals surface area contributed by atoms with Gasteiger partial charge in [0.2, 0.25) is 0 Å². The molecule has 11 nitrogen and oxygen atoms in total. The Labute approximate surface area is 331 Å². The Kier molecular flexibility index (Phi) is 21.0. The highest BCUT2D eigenvalue weighted by molar-refractivity contribution is 7.54. The van der Waals surface area contributed by atoms with Gasteiger partial charge in [0, 0.05) is 25.1 Å². The Morgan fingerprint density at radius 2 is 1.52 bits per heavy atom. The van der Waals surface area contributed by atoms with Crippen molar-refractivity contribution in [1.29, 1.82) is 0 Å². The number of H-pyrrole nitrogens is 1. The lowest BCUT2D eigenvalue weighted by atomic mass is 9.98. The van der Waals surface area contributed by atoms with Crippen LogP contribution in [0.2, 0.25) is 0 Å². The fraction of sp³-hybridized carbons (Fsp3) is 0.512. The second kappa shape index (κ2) is 25.3. The van der Waals surface area contributed by atoms with Gasteiger partial charge in [0.1, 0.15) is 23.7 Å². The summed E-state index contributed by atoms with van der Waals surface area (Å²) >= 11 is 0. The van der Waals surface area contributed by atoms with Crippen LogP contribution in [0.4, 0.5) is 4.39 Å². The number of aliphatic hydroxyl groups is 1. The molecule has 1 aromatic heterocycles. The quantitative estimate of drug-likeness (QED) is 0.0518. The summed E-state index contributed by atoms with van der Waals surface area (Å²) in [6, 6.07) is 9.56. The first kappa shape index (κ1) is 46.5. The molecule has 1 saturated heterocycles. The van der Waals surface area contributed by atoms with E-state index in [9.17, 15) is 24.1 Å². The van der Waals surface area contributed by atoms with Crippen molar-refractivity contribution in [3.63, 3.8) is 0 Å². The highest BCUT2D eigenvalue weighted by Crippen LogP contribution is 2.50. The number of carbonyl (C=O) groups is 1. The number of hydrogen-bond donors (Lipinski definition) is 2. The molecule has 1 aliphatic heterocycles. The number of carbonyl (C=O) groups excluding carboxylic acids is 1. The average molecular weight is 798 g/mol. The minimum atomic E-state index is -3.83. The molecule has 2 aromatic rings. The number of rotatable bonds is 27. The van der Waals surface area contributed by atoms with Crippen molar-refractivity contribution in [3.05, 3.63) is 124 Å². The normalized spacial score (nSPS) is 21.4. The van der Waals surface area contributed by atoms with Gasteiger partial charge in [0.05, 0.1) is 12.8 Å². The predicted octanol–water partition coefficient (Wildman–Crippen LogP) is 8.40. The summed E-state index contributed by atoms with van der Waals surface area (Å²) in [7, 11) is -1.90. The maximum atomic E-state index is 15.7. The van der Waals surface area contributed by atoms with Crippen molar-refractivity contribution in [2.45, 2.75) is 109 Å². The third-order valence-electron chi connectivity index (χ3n) is 9.20. The fourth-order valence-electron chi connectivity index (χ4n) is 6.03. The molecule has 0 saturated carbocycles. The molecule has 0 radical (unpaired) electrons. The largest absolute Gasteiger partial charge is 0.424 e. The average Bonchev–Trinajstić information content (AvgIpc) is 3.39. The maximum absolute atomic E-state index is 15.7. The van der Waals surface area contributed by atoms with E-state index in [1.165, 1.54) is 0 Å². The smallest absolute Gasteiger partial charge is 0.379 e. The number of allylic oxidation sites excluding steroid dienone is 10. The van der Waals surface area contributed by atoms with Crippen molar-refractivity contribution in [2.75, 3.05) is 32.9 Å². The molecule has 0 aliphatic carbocycles. The molecule has 1 aliphatic rings. The summed E-state index contributed by atoms with van der Waals surface area (Å²) < 4.78 is 47.8. The molecule has 1 fully saturated rings. The lowest BCUT2D eigenvalue weighted by molar-refractivity contribution is -0.119. The lowest BCUT2D eigenvalue weighted by Gasteiger charge is -2.25. The number of alkyl halides is 1. The zero-order chi connectivity index (χ0) is 40.7. The van der Waals surface area contributed by atoms with Gasteiger partial charge in [-0.1, -0.05) is 85.9 Å². The minimum Gasteiger partial charge on any atom is -0.424 e. The van der Waals surface area contributed by atoms with E-state index in [4.69, 9.17) is 13.8 Å². The van der Waals surface area contributed by atoms with Gasteiger partial charge in [-0.3, -0.25) is 23.7 Å². The number of nitrogens with one attached hydrogen (secondary N) is 1. The molecule has 2 heterocycles. The Morgan fingerprint density at radius 3 is 2.14 bits per heavy atom. The molecule has 0 bridgehead atoms. The Balaban J connectivity index is 1.34. The third kappa shape index (κ3) is 17.1. The van der Waals surface area contributed by atoms with Gasteiger partial charge in [0.25, 0.3) is 5.56 Å². The SMILES string of the molecule is CC/C=C\C/C=C\C/C=C\C/C=C\C/C=C\CCCC(=O)CCCN(C)CCCP(=O)(OC[C@H]1O[C@@H](n2ccc(=O)[nH]c2=O)[C@](C)(F)[C@@H]1O)Oc1ccccc1. The summed E-state index contributed by atoms with van der Waals surface area (Å²) in [5, 5.41) is 10.8. The number of Topliss-reactive ketones (excluding diaryl/α,β-unsaturated/α-hetero) is 1. The van der Waals surface area contributed by atoms with Crippen LogP contribution in [0, 0.1) is 0 Å². The predicted molar refractivity (Wildman–Crippen MR) is 221 cm³/mol. The van der Waals surface area contributed by atoms with Crippen molar-refractivity contribution >= 4 is 13.4 Å². The second-order valence-corrected chi connectivity index (χ2v) is 16.2. The van der Waals surface area contributed by atoms with Crippen molar-refractivity contribution in [1.82, 2.24) is 14.5 Å². The molecular formula is C43H61FN3O8P. The van der Waals surface area contributed by atoms with Gasteiger partial charge in [-0.05, 0) is 97.0 Å². The highest BCUT2D eigenvalue weighted by Gasteiger charge is 2.55.